The molecule has 0 spiro atoms. The third-order valence-corrected chi connectivity index (χ3v) is 6.59. The van der Waals surface area contributed by atoms with Crippen LogP contribution in [0.5, 0.6) is 0 Å². The molecule has 0 unspecified atom stereocenters. The lowest BCUT2D eigenvalue weighted by Crippen LogP contribution is -2.18. The van der Waals surface area contributed by atoms with E-state index in [4.69, 9.17) is 0 Å². The zero-order chi connectivity index (χ0) is 21.8. The van der Waals surface area contributed by atoms with Crippen LogP contribution in [-0.4, -0.2) is 30.4 Å². The van der Waals surface area contributed by atoms with Crippen LogP contribution in [0.25, 0.3) is 11.3 Å². The highest BCUT2D eigenvalue weighted by molar-refractivity contribution is 7.89. The van der Waals surface area contributed by atoms with Gasteiger partial charge in [-0.05, 0) is 44.3 Å². The molecule has 0 fully saturated rings. The Balaban J connectivity index is 1.53. The number of nitrogens with one attached hydrogen (secondary N) is 3. The number of aromatic nitrogens is 3. The van der Waals surface area contributed by atoms with E-state index in [1.165, 1.54) is 19.4 Å². The van der Waals surface area contributed by atoms with E-state index in [0.29, 0.717) is 17.3 Å². The van der Waals surface area contributed by atoms with Crippen LogP contribution in [0.3, 0.4) is 0 Å². The molecule has 0 aliphatic carbocycles. The molecule has 0 saturated carbocycles. The van der Waals surface area contributed by atoms with Gasteiger partial charge in [-0.15, -0.1) is 11.3 Å². The predicted octanol–water partition coefficient (Wildman–Crippen LogP) is 4.30. The number of anilines is 4. The Hall–Kier alpha value is -3.34. The zero-order valence-corrected chi connectivity index (χ0v) is 18.5. The largest absolute Gasteiger partial charge is 0.340 e. The molecule has 0 atom stereocenters. The van der Waals surface area contributed by atoms with Gasteiger partial charge in [0.15, 0.2) is 0 Å². The minimum absolute atomic E-state index is 0.168. The maximum atomic E-state index is 12.0. The van der Waals surface area contributed by atoms with Crippen LogP contribution >= 0.6 is 11.3 Å². The molecule has 2 aromatic heterocycles. The van der Waals surface area contributed by atoms with Crippen molar-refractivity contribution in [1.82, 2.24) is 19.7 Å². The standard InChI is InChI=1S/C21H20N6O2S2/c1-14-25-19(12-30-14)15-5-3-6-16(9-15)26-20-11-21(24-13-23-20)27-17-7-4-8-18(10-17)31(28,29)22-2/h3-13,22H,1-2H3,(H2,23,24,26,27). The monoisotopic (exact) mass is 452 g/mol. The fourth-order valence-corrected chi connectivity index (χ4v) is 4.30. The predicted molar refractivity (Wildman–Crippen MR) is 124 cm³/mol. The van der Waals surface area contributed by atoms with Gasteiger partial charge in [-0.25, -0.2) is 28.1 Å². The van der Waals surface area contributed by atoms with E-state index >= 15 is 0 Å². The van der Waals surface area contributed by atoms with E-state index in [1.54, 1.807) is 35.6 Å². The van der Waals surface area contributed by atoms with Gasteiger partial charge in [-0.1, -0.05) is 18.2 Å². The van der Waals surface area contributed by atoms with E-state index in [2.05, 4.69) is 30.3 Å². The fourth-order valence-electron chi connectivity index (χ4n) is 2.90. The average Bonchev–Trinajstić information content (AvgIpc) is 3.21. The summed E-state index contributed by atoms with van der Waals surface area (Å²) >= 11 is 1.61. The van der Waals surface area contributed by atoms with Crippen LogP contribution < -0.4 is 15.4 Å². The Morgan fingerprint density at radius 1 is 0.903 bits per heavy atom. The van der Waals surface area contributed by atoms with E-state index < -0.39 is 10.0 Å². The molecule has 4 aromatic rings. The highest BCUT2D eigenvalue weighted by atomic mass is 32.2. The second-order valence-corrected chi connectivity index (χ2v) is 9.56. The van der Waals surface area contributed by atoms with Gasteiger partial charge in [0, 0.05) is 28.4 Å². The number of aryl methyl sites for hydroxylation is 1. The number of benzene rings is 2. The normalized spacial score (nSPS) is 11.3. The first-order valence-electron chi connectivity index (χ1n) is 9.35. The molecule has 0 bridgehead atoms. The first-order valence-corrected chi connectivity index (χ1v) is 11.7. The minimum Gasteiger partial charge on any atom is -0.340 e. The lowest BCUT2D eigenvalue weighted by Gasteiger charge is -2.10. The van der Waals surface area contributed by atoms with Gasteiger partial charge >= 0.3 is 0 Å². The second kappa shape index (κ2) is 8.80. The summed E-state index contributed by atoms with van der Waals surface area (Å²) in [6, 6.07) is 16.2. The quantitative estimate of drug-likeness (QED) is 0.383. The van der Waals surface area contributed by atoms with Crippen LogP contribution in [0.15, 0.2) is 71.2 Å². The third-order valence-electron chi connectivity index (χ3n) is 4.40. The summed E-state index contributed by atoms with van der Waals surface area (Å²) in [5.74, 6) is 1.13. The van der Waals surface area contributed by atoms with Crippen molar-refractivity contribution in [1.29, 1.82) is 0 Å². The summed E-state index contributed by atoms with van der Waals surface area (Å²) < 4.78 is 26.3. The van der Waals surface area contributed by atoms with Crippen molar-refractivity contribution < 1.29 is 8.42 Å². The smallest absolute Gasteiger partial charge is 0.240 e. The van der Waals surface area contributed by atoms with Gasteiger partial charge in [0.05, 0.1) is 15.6 Å². The van der Waals surface area contributed by atoms with Gasteiger partial charge in [-0.2, -0.15) is 0 Å². The van der Waals surface area contributed by atoms with Crippen molar-refractivity contribution in [3.8, 4) is 11.3 Å². The zero-order valence-electron chi connectivity index (χ0n) is 16.8. The number of thiazole rings is 1. The molecule has 10 heteroatoms. The molecule has 2 aromatic carbocycles. The van der Waals surface area contributed by atoms with Crippen molar-refractivity contribution in [3.63, 3.8) is 0 Å². The van der Waals surface area contributed by atoms with Crippen LogP contribution in [0.1, 0.15) is 5.01 Å². The van der Waals surface area contributed by atoms with Gasteiger partial charge in [0.25, 0.3) is 0 Å². The molecule has 8 nitrogen and oxygen atoms in total. The number of hydrogen-bond donors (Lipinski definition) is 3. The van der Waals surface area contributed by atoms with Gasteiger partial charge in [-0.3, -0.25) is 0 Å². The molecule has 2 heterocycles. The molecule has 4 rings (SSSR count). The van der Waals surface area contributed by atoms with Crippen molar-refractivity contribution >= 4 is 44.4 Å². The summed E-state index contributed by atoms with van der Waals surface area (Å²) in [5.41, 5.74) is 3.42. The van der Waals surface area contributed by atoms with E-state index in [-0.39, 0.29) is 4.90 Å². The molecule has 0 aliphatic heterocycles. The summed E-state index contributed by atoms with van der Waals surface area (Å²) in [4.78, 5) is 13.2. The molecule has 31 heavy (non-hydrogen) atoms. The number of hydrogen-bond acceptors (Lipinski definition) is 8. The molecular formula is C21H20N6O2S2. The summed E-state index contributed by atoms with van der Waals surface area (Å²) in [7, 11) is -2.15. The molecule has 0 radical (unpaired) electrons. The molecular weight excluding hydrogens is 432 g/mol. The minimum atomic E-state index is -3.53. The summed E-state index contributed by atoms with van der Waals surface area (Å²) in [5, 5.41) is 9.44. The number of nitrogens with zero attached hydrogens (tertiary/aromatic N) is 3. The van der Waals surface area contributed by atoms with E-state index in [1.807, 2.05) is 36.6 Å². The number of sulfonamides is 1. The molecule has 0 saturated heterocycles. The Morgan fingerprint density at radius 2 is 1.58 bits per heavy atom. The van der Waals surface area contributed by atoms with Crippen molar-refractivity contribution in [2.45, 2.75) is 11.8 Å². The Bertz CT molecular complexity index is 1320. The number of rotatable bonds is 7. The van der Waals surface area contributed by atoms with Crippen molar-refractivity contribution in [2.75, 3.05) is 17.7 Å². The van der Waals surface area contributed by atoms with Gasteiger partial charge in [0.1, 0.15) is 18.0 Å². The maximum Gasteiger partial charge on any atom is 0.240 e. The van der Waals surface area contributed by atoms with Gasteiger partial charge < -0.3 is 10.6 Å². The highest BCUT2D eigenvalue weighted by Gasteiger charge is 2.12. The first-order chi connectivity index (χ1) is 14.9. The van der Waals surface area contributed by atoms with Crippen LogP contribution in [0, 0.1) is 6.92 Å². The van der Waals surface area contributed by atoms with E-state index in [0.717, 1.165) is 22.0 Å². The third kappa shape index (κ3) is 5.05. The van der Waals surface area contributed by atoms with Crippen LogP contribution in [0.4, 0.5) is 23.0 Å². The highest BCUT2D eigenvalue weighted by Crippen LogP contribution is 2.26. The Kier molecular flexibility index (Phi) is 5.94. The molecule has 158 valence electrons. The van der Waals surface area contributed by atoms with E-state index in [9.17, 15) is 8.42 Å². The summed E-state index contributed by atoms with van der Waals surface area (Å²) in [6.07, 6.45) is 1.44. The summed E-state index contributed by atoms with van der Waals surface area (Å²) in [6.45, 7) is 1.98. The SMILES string of the molecule is CNS(=O)(=O)c1cccc(Nc2cc(Nc3cccc(-c4csc(C)n4)c3)ncn2)c1. The van der Waals surface area contributed by atoms with Crippen molar-refractivity contribution in [3.05, 3.63) is 71.3 Å². The first kappa shape index (κ1) is 20.9. The fraction of sp³-hybridized carbons (Fsp3) is 0.0952. The van der Waals surface area contributed by atoms with Crippen LogP contribution in [0.2, 0.25) is 0 Å². The van der Waals surface area contributed by atoms with Crippen LogP contribution in [-0.2, 0) is 10.0 Å². The maximum absolute atomic E-state index is 12.0. The lowest BCUT2D eigenvalue weighted by molar-refractivity contribution is 0.588. The molecule has 0 aliphatic rings. The van der Waals surface area contributed by atoms with Gasteiger partial charge in [0.2, 0.25) is 10.0 Å². The topological polar surface area (TPSA) is 109 Å². The second-order valence-electron chi connectivity index (χ2n) is 6.61. The molecule has 0 amide bonds. The Labute approximate surface area is 184 Å². The molecule has 3 N–H and O–H groups in total. The lowest BCUT2D eigenvalue weighted by atomic mass is 10.1. The average molecular weight is 453 g/mol. The van der Waals surface area contributed by atoms with Crippen molar-refractivity contribution in [2.24, 2.45) is 0 Å². The Morgan fingerprint density at radius 3 is 2.23 bits per heavy atom.